The van der Waals surface area contributed by atoms with Crippen LogP contribution < -0.4 is 0 Å². The van der Waals surface area contributed by atoms with E-state index < -0.39 is 5.97 Å². The van der Waals surface area contributed by atoms with E-state index in [-0.39, 0.29) is 11.3 Å². The SMILES string of the molecule is C=CCc1cccc(C(=O)OCC)c1O. The van der Waals surface area contributed by atoms with Crippen LogP contribution in [0.1, 0.15) is 22.8 Å². The first-order valence-electron chi connectivity index (χ1n) is 4.79. The van der Waals surface area contributed by atoms with Crippen LogP contribution >= 0.6 is 0 Å². The minimum Gasteiger partial charge on any atom is -0.507 e. The van der Waals surface area contributed by atoms with E-state index in [1.165, 1.54) is 0 Å². The molecule has 0 aliphatic heterocycles. The van der Waals surface area contributed by atoms with E-state index in [1.807, 2.05) is 0 Å². The molecule has 1 N–H and O–H groups in total. The molecule has 0 atom stereocenters. The maximum Gasteiger partial charge on any atom is 0.341 e. The van der Waals surface area contributed by atoms with E-state index in [9.17, 15) is 9.90 Å². The van der Waals surface area contributed by atoms with Gasteiger partial charge in [0.05, 0.1) is 6.61 Å². The number of aromatic hydroxyl groups is 1. The van der Waals surface area contributed by atoms with Crippen molar-refractivity contribution in [1.82, 2.24) is 0 Å². The number of carbonyl (C=O) groups is 1. The molecular weight excluding hydrogens is 192 g/mol. The quantitative estimate of drug-likeness (QED) is 0.607. The Morgan fingerprint density at radius 3 is 2.93 bits per heavy atom. The van der Waals surface area contributed by atoms with Crippen LogP contribution in [0.25, 0.3) is 0 Å². The van der Waals surface area contributed by atoms with Crippen molar-refractivity contribution < 1.29 is 14.6 Å². The van der Waals surface area contributed by atoms with Gasteiger partial charge in [-0.2, -0.15) is 0 Å². The highest BCUT2D eigenvalue weighted by Crippen LogP contribution is 2.23. The standard InChI is InChI=1S/C12H14O3/c1-3-6-9-7-5-8-10(11(9)13)12(14)15-4-2/h3,5,7-8,13H,1,4,6H2,2H3. The zero-order chi connectivity index (χ0) is 11.3. The van der Waals surface area contributed by atoms with Crippen LogP contribution in [-0.2, 0) is 11.2 Å². The number of phenolic OH excluding ortho intramolecular Hbond substituents is 1. The minimum atomic E-state index is -0.499. The first-order valence-corrected chi connectivity index (χ1v) is 4.79. The lowest BCUT2D eigenvalue weighted by molar-refractivity contribution is 0.0523. The number of rotatable bonds is 4. The molecule has 80 valence electrons. The fourth-order valence-electron chi connectivity index (χ4n) is 1.29. The molecule has 0 unspecified atom stereocenters. The van der Waals surface area contributed by atoms with Gasteiger partial charge in [-0.3, -0.25) is 0 Å². The summed E-state index contributed by atoms with van der Waals surface area (Å²) in [5, 5.41) is 9.77. The van der Waals surface area contributed by atoms with E-state index in [0.29, 0.717) is 18.6 Å². The Kier molecular flexibility index (Phi) is 3.92. The van der Waals surface area contributed by atoms with E-state index in [4.69, 9.17) is 4.74 Å². The molecule has 3 nitrogen and oxygen atoms in total. The molecule has 0 bridgehead atoms. The average molecular weight is 206 g/mol. The lowest BCUT2D eigenvalue weighted by Crippen LogP contribution is -2.05. The molecule has 0 aliphatic carbocycles. The molecule has 1 aromatic rings. The van der Waals surface area contributed by atoms with Gasteiger partial charge in [0, 0.05) is 0 Å². The number of para-hydroxylation sites is 1. The van der Waals surface area contributed by atoms with Crippen LogP contribution in [-0.4, -0.2) is 17.7 Å². The molecule has 0 saturated heterocycles. The zero-order valence-electron chi connectivity index (χ0n) is 8.69. The highest BCUT2D eigenvalue weighted by Gasteiger charge is 2.13. The summed E-state index contributed by atoms with van der Waals surface area (Å²) in [6.07, 6.45) is 2.20. The first-order chi connectivity index (χ1) is 7.20. The summed E-state index contributed by atoms with van der Waals surface area (Å²) in [5.41, 5.74) is 0.881. The fourth-order valence-corrected chi connectivity index (χ4v) is 1.29. The highest BCUT2D eigenvalue weighted by atomic mass is 16.5. The zero-order valence-corrected chi connectivity index (χ0v) is 8.69. The molecule has 0 fully saturated rings. The summed E-state index contributed by atoms with van der Waals surface area (Å²) in [7, 11) is 0. The number of hydrogen-bond donors (Lipinski definition) is 1. The van der Waals surface area contributed by atoms with Gasteiger partial charge in [0.25, 0.3) is 0 Å². The maximum absolute atomic E-state index is 11.4. The van der Waals surface area contributed by atoms with E-state index in [1.54, 1.807) is 31.2 Å². The van der Waals surface area contributed by atoms with Gasteiger partial charge >= 0.3 is 5.97 Å². The summed E-state index contributed by atoms with van der Waals surface area (Å²) in [6, 6.07) is 5.00. The number of esters is 1. The lowest BCUT2D eigenvalue weighted by Gasteiger charge is -2.07. The van der Waals surface area contributed by atoms with Crippen LogP contribution in [0.2, 0.25) is 0 Å². The summed E-state index contributed by atoms with van der Waals surface area (Å²) in [4.78, 5) is 11.4. The molecule has 3 heteroatoms. The number of carbonyl (C=O) groups excluding carboxylic acids is 1. The number of benzene rings is 1. The van der Waals surface area contributed by atoms with Gasteiger partial charge in [-0.05, 0) is 25.0 Å². The summed E-state index contributed by atoms with van der Waals surface area (Å²) < 4.78 is 4.82. The Bertz CT molecular complexity index is 369. The molecule has 0 amide bonds. The van der Waals surface area contributed by atoms with Crippen LogP contribution in [0.3, 0.4) is 0 Å². The minimum absolute atomic E-state index is 0.0177. The predicted molar refractivity (Wildman–Crippen MR) is 58.0 cm³/mol. The molecule has 0 heterocycles. The van der Waals surface area contributed by atoms with Gasteiger partial charge in [-0.1, -0.05) is 18.2 Å². The average Bonchev–Trinajstić information content (AvgIpc) is 2.22. The second kappa shape index (κ2) is 5.20. The van der Waals surface area contributed by atoms with Crippen molar-refractivity contribution in [3.05, 3.63) is 42.0 Å². The summed E-state index contributed by atoms with van der Waals surface area (Å²) >= 11 is 0. The van der Waals surface area contributed by atoms with Crippen LogP contribution in [0, 0.1) is 0 Å². The predicted octanol–water partition coefficient (Wildman–Crippen LogP) is 2.30. The van der Waals surface area contributed by atoms with Crippen molar-refractivity contribution in [2.24, 2.45) is 0 Å². The largest absolute Gasteiger partial charge is 0.507 e. The van der Waals surface area contributed by atoms with Gasteiger partial charge in [-0.25, -0.2) is 4.79 Å². The Morgan fingerprint density at radius 2 is 2.33 bits per heavy atom. The number of ether oxygens (including phenoxy) is 1. The van der Waals surface area contributed by atoms with Crippen LogP contribution in [0.5, 0.6) is 5.75 Å². The topological polar surface area (TPSA) is 46.5 Å². The van der Waals surface area contributed by atoms with Crippen molar-refractivity contribution in [2.75, 3.05) is 6.61 Å². The smallest absolute Gasteiger partial charge is 0.341 e. The van der Waals surface area contributed by atoms with Gasteiger partial charge < -0.3 is 9.84 Å². The molecule has 15 heavy (non-hydrogen) atoms. The third-order valence-corrected chi connectivity index (χ3v) is 1.98. The number of phenols is 1. The number of allylic oxidation sites excluding steroid dienone is 1. The van der Waals surface area contributed by atoms with Gasteiger partial charge in [0.15, 0.2) is 0 Å². The van der Waals surface area contributed by atoms with Gasteiger partial charge in [0.1, 0.15) is 11.3 Å². The third kappa shape index (κ3) is 2.59. The highest BCUT2D eigenvalue weighted by molar-refractivity contribution is 5.92. The van der Waals surface area contributed by atoms with E-state index in [0.717, 1.165) is 0 Å². The molecule has 0 aliphatic rings. The Hall–Kier alpha value is -1.77. The summed E-state index contributed by atoms with van der Waals surface area (Å²) in [5.74, 6) is -0.517. The van der Waals surface area contributed by atoms with Gasteiger partial charge in [0.2, 0.25) is 0 Å². The van der Waals surface area contributed by atoms with Crippen molar-refractivity contribution in [3.8, 4) is 5.75 Å². The monoisotopic (exact) mass is 206 g/mol. The molecule has 0 radical (unpaired) electrons. The Morgan fingerprint density at radius 1 is 1.60 bits per heavy atom. The van der Waals surface area contributed by atoms with E-state index >= 15 is 0 Å². The second-order valence-corrected chi connectivity index (χ2v) is 3.03. The number of hydrogen-bond acceptors (Lipinski definition) is 3. The third-order valence-electron chi connectivity index (χ3n) is 1.98. The van der Waals surface area contributed by atoms with Gasteiger partial charge in [-0.15, -0.1) is 6.58 Å². The van der Waals surface area contributed by atoms with E-state index in [2.05, 4.69) is 6.58 Å². The Labute approximate surface area is 89.0 Å². The lowest BCUT2D eigenvalue weighted by atomic mass is 10.1. The first kappa shape index (κ1) is 11.3. The maximum atomic E-state index is 11.4. The molecule has 0 saturated carbocycles. The van der Waals surface area contributed by atoms with Crippen molar-refractivity contribution in [1.29, 1.82) is 0 Å². The molecule has 1 aromatic carbocycles. The van der Waals surface area contributed by atoms with Crippen molar-refractivity contribution in [2.45, 2.75) is 13.3 Å². The normalized spacial score (nSPS) is 9.67. The van der Waals surface area contributed by atoms with Crippen LogP contribution in [0.4, 0.5) is 0 Å². The Balaban J connectivity index is 3.03. The van der Waals surface area contributed by atoms with Crippen molar-refractivity contribution >= 4 is 5.97 Å². The summed E-state index contributed by atoms with van der Waals surface area (Å²) in [6.45, 7) is 5.60. The molecule has 0 aromatic heterocycles. The van der Waals surface area contributed by atoms with Crippen LogP contribution in [0.15, 0.2) is 30.9 Å². The molecular formula is C12H14O3. The molecule has 1 rings (SSSR count). The fraction of sp³-hybridized carbons (Fsp3) is 0.250. The van der Waals surface area contributed by atoms with Crippen molar-refractivity contribution in [3.63, 3.8) is 0 Å². The second-order valence-electron chi connectivity index (χ2n) is 3.03. The molecule has 0 spiro atoms.